The van der Waals surface area contributed by atoms with Gasteiger partial charge in [-0.25, -0.2) is 0 Å². The zero-order valence-corrected chi connectivity index (χ0v) is 16.1. The molecule has 0 aliphatic heterocycles. The van der Waals surface area contributed by atoms with E-state index in [9.17, 15) is 15.0 Å². The predicted molar refractivity (Wildman–Crippen MR) is 108 cm³/mol. The van der Waals surface area contributed by atoms with Crippen LogP contribution < -0.4 is 16.0 Å². The number of phenols is 1. The average Bonchev–Trinajstić information content (AvgIpc) is 2.64. The maximum Gasteiger partial charge on any atom is 0.252 e. The second-order valence-electron chi connectivity index (χ2n) is 6.96. The molecule has 0 radical (unpaired) electrons. The van der Waals surface area contributed by atoms with Gasteiger partial charge in [-0.1, -0.05) is 24.3 Å². The van der Waals surface area contributed by atoms with Gasteiger partial charge in [0, 0.05) is 31.9 Å². The number of para-hydroxylation sites is 1. The Balaban J connectivity index is 1.84. The molecule has 2 atom stereocenters. The number of amides is 1. The van der Waals surface area contributed by atoms with Crippen LogP contribution in [0.5, 0.6) is 5.75 Å². The summed E-state index contributed by atoms with van der Waals surface area (Å²) in [6.45, 7) is 5.41. The smallest absolute Gasteiger partial charge is 0.252 e. The lowest BCUT2D eigenvalue weighted by Crippen LogP contribution is -2.33. The maximum absolute atomic E-state index is 11.3. The molecule has 0 heterocycles. The van der Waals surface area contributed by atoms with Gasteiger partial charge in [0.25, 0.3) is 5.91 Å². The lowest BCUT2D eigenvalue weighted by molar-refractivity contribution is 0.0997. The van der Waals surface area contributed by atoms with E-state index in [4.69, 9.17) is 5.73 Å². The van der Waals surface area contributed by atoms with Crippen LogP contribution in [0.25, 0.3) is 0 Å². The fraction of sp³-hybridized carbons (Fsp3) is 0.381. The maximum atomic E-state index is 11.3. The van der Waals surface area contributed by atoms with Gasteiger partial charge in [-0.2, -0.15) is 0 Å². The van der Waals surface area contributed by atoms with E-state index >= 15 is 0 Å². The van der Waals surface area contributed by atoms with Crippen molar-refractivity contribution in [2.45, 2.75) is 32.4 Å². The summed E-state index contributed by atoms with van der Waals surface area (Å²) in [4.78, 5) is 13.5. The number of aliphatic hydroxyl groups excluding tert-OH is 1. The van der Waals surface area contributed by atoms with E-state index in [1.165, 1.54) is 23.4 Å². The van der Waals surface area contributed by atoms with Crippen molar-refractivity contribution in [2.24, 2.45) is 5.73 Å². The average molecular weight is 371 g/mol. The molecule has 0 saturated heterocycles. The van der Waals surface area contributed by atoms with E-state index in [-0.39, 0.29) is 17.4 Å². The predicted octanol–water partition coefficient (Wildman–Crippen LogP) is 2.34. The molecule has 1 amide bonds. The normalized spacial score (nSPS) is 13.2. The van der Waals surface area contributed by atoms with Crippen LogP contribution in [0.4, 0.5) is 5.69 Å². The summed E-state index contributed by atoms with van der Waals surface area (Å²) in [6, 6.07) is 12.9. The molecule has 2 unspecified atom stereocenters. The summed E-state index contributed by atoms with van der Waals surface area (Å²) < 4.78 is 0. The number of hydrogen-bond donors (Lipinski definition) is 4. The molecule has 27 heavy (non-hydrogen) atoms. The third-order valence-corrected chi connectivity index (χ3v) is 4.75. The van der Waals surface area contributed by atoms with Crippen LogP contribution in [0.1, 0.15) is 40.9 Å². The first-order valence-corrected chi connectivity index (χ1v) is 9.10. The second-order valence-corrected chi connectivity index (χ2v) is 6.96. The Morgan fingerprint density at radius 3 is 2.63 bits per heavy atom. The highest BCUT2D eigenvalue weighted by molar-refractivity contribution is 5.95. The first-order valence-electron chi connectivity index (χ1n) is 9.10. The minimum Gasteiger partial charge on any atom is -0.507 e. The Kier molecular flexibility index (Phi) is 7.21. The topological polar surface area (TPSA) is 98.8 Å². The van der Waals surface area contributed by atoms with Crippen molar-refractivity contribution in [3.63, 3.8) is 0 Å². The van der Waals surface area contributed by atoms with Crippen LogP contribution in [0, 0.1) is 6.92 Å². The van der Waals surface area contributed by atoms with Gasteiger partial charge in [-0.05, 0) is 49.6 Å². The Morgan fingerprint density at radius 1 is 1.26 bits per heavy atom. The number of aryl methyl sites for hydroxylation is 1. The lowest BCUT2D eigenvalue weighted by Gasteiger charge is -2.24. The molecule has 0 spiro atoms. The number of anilines is 1. The molecule has 6 nitrogen and oxygen atoms in total. The number of nitrogens with one attached hydrogen (secondary N) is 1. The van der Waals surface area contributed by atoms with Gasteiger partial charge in [0.05, 0.1) is 11.7 Å². The molecule has 6 heteroatoms. The van der Waals surface area contributed by atoms with E-state index in [0.29, 0.717) is 12.1 Å². The van der Waals surface area contributed by atoms with Gasteiger partial charge >= 0.3 is 0 Å². The molecule has 0 bridgehead atoms. The Hall–Kier alpha value is -2.57. The first kappa shape index (κ1) is 20.7. The quantitative estimate of drug-likeness (QED) is 0.542. The van der Waals surface area contributed by atoms with Gasteiger partial charge in [-0.15, -0.1) is 0 Å². The number of nitrogens with two attached hydrogens (primary N) is 1. The van der Waals surface area contributed by atoms with Crippen molar-refractivity contribution >= 4 is 11.6 Å². The standard InChI is InChI=1S/C21H29N3O3/c1-14-6-4-5-7-18(14)24(3)11-10-15(2)23-13-20(26)16-8-9-19(25)17(12-16)21(22)27/h4-9,12,15,20,23,25-26H,10-11,13H2,1-3H3,(H2,22,27). The molecule has 2 aromatic rings. The molecule has 5 N–H and O–H groups in total. The highest BCUT2D eigenvalue weighted by Crippen LogP contribution is 2.22. The monoisotopic (exact) mass is 371 g/mol. The van der Waals surface area contributed by atoms with Gasteiger partial charge in [0.2, 0.25) is 0 Å². The van der Waals surface area contributed by atoms with E-state index < -0.39 is 12.0 Å². The van der Waals surface area contributed by atoms with Crippen LogP contribution in [0.15, 0.2) is 42.5 Å². The number of primary amides is 1. The van der Waals surface area contributed by atoms with Crippen molar-refractivity contribution in [3.05, 3.63) is 59.2 Å². The van der Waals surface area contributed by atoms with Crippen molar-refractivity contribution in [1.29, 1.82) is 0 Å². The summed E-state index contributed by atoms with van der Waals surface area (Å²) >= 11 is 0. The third kappa shape index (κ3) is 5.70. The molecule has 0 fully saturated rings. The zero-order chi connectivity index (χ0) is 20.0. The molecular formula is C21H29N3O3. The molecule has 0 saturated carbocycles. The summed E-state index contributed by atoms with van der Waals surface area (Å²) in [5, 5.41) is 23.3. The van der Waals surface area contributed by atoms with Gasteiger partial charge in [-0.3, -0.25) is 4.79 Å². The fourth-order valence-electron chi connectivity index (χ4n) is 2.99. The van der Waals surface area contributed by atoms with Crippen LogP contribution in [0.2, 0.25) is 0 Å². The molecule has 0 aliphatic rings. The number of carbonyl (C=O) groups is 1. The number of aromatic hydroxyl groups is 1. The van der Waals surface area contributed by atoms with Crippen molar-refractivity contribution in [3.8, 4) is 5.75 Å². The Bertz CT molecular complexity index is 779. The van der Waals surface area contributed by atoms with Crippen molar-refractivity contribution < 1.29 is 15.0 Å². The van der Waals surface area contributed by atoms with Crippen LogP contribution in [-0.4, -0.2) is 42.3 Å². The summed E-state index contributed by atoms with van der Waals surface area (Å²) in [7, 11) is 2.08. The number of hydrogen-bond acceptors (Lipinski definition) is 5. The zero-order valence-electron chi connectivity index (χ0n) is 16.1. The number of benzene rings is 2. The number of nitrogens with zero attached hydrogens (tertiary/aromatic N) is 1. The number of aliphatic hydroxyl groups is 1. The van der Waals surface area contributed by atoms with Gasteiger partial charge < -0.3 is 26.2 Å². The summed E-state index contributed by atoms with van der Waals surface area (Å²) in [5.41, 5.74) is 8.24. The lowest BCUT2D eigenvalue weighted by atomic mass is 10.0. The molecule has 0 aliphatic carbocycles. The molecule has 146 valence electrons. The largest absolute Gasteiger partial charge is 0.507 e. The van der Waals surface area contributed by atoms with E-state index in [1.54, 1.807) is 6.07 Å². The highest BCUT2D eigenvalue weighted by Gasteiger charge is 2.14. The van der Waals surface area contributed by atoms with Crippen molar-refractivity contribution in [1.82, 2.24) is 5.32 Å². The third-order valence-electron chi connectivity index (χ3n) is 4.75. The van der Waals surface area contributed by atoms with E-state index in [2.05, 4.69) is 43.2 Å². The highest BCUT2D eigenvalue weighted by atomic mass is 16.3. The SMILES string of the molecule is Cc1ccccc1N(C)CCC(C)NCC(O)c1ccc(O)c(C(N)=O)c1. The van der Waals surface area contributed by atoms with Gasteiger partial charge in [0.1, 0.15) is 5.75 Å². The van der Waals surface area contributed by atoms with Gasteiger partial charge in [0.15, 0.2) is 0 Å². The van der Waals surface area contributed by atoms with E-state index in [0.717, 1.165) is 13.0 Å². The van der Waals surface area contributed by atoms with Crippen LogP contribution in [-0.2, 0) is 0 Å². The number of carbonyl (C=O) groups excluding carboxylic acids is 1. The minimum absolute atomic E-state index is 0.0134. The van der Waals surface area contributed by atoms with Crippen LogP contribution in [0.3, 0.4) is 0 Å². The van der Waals surface area contributed by atoms with E-state index in [1.807, 2.05) is 12.1 Å². The second kappa shape index (κ2) is 9.39. The Morgan fingerprint density at radius 2 is 1.96 bits per heavy atom. The molecular weight excluding hydrogens is 342 g/mol. The molecule has 2 rings (SSSR count). The van der Waals surface area contributed by atoms with Crippen molar-refractivity contribution in [2.75, 3.05) is 25.0 Å². The summed E-state index contributed by atoms with van der Waals surface area (Å²) in [5.74, 6) is -0.902. The minimum atomic E-state index is -0.791. The summed E-state index contributed by atoms with van der Waals surface area (Å²) in [6.07, 6.45) is 0.125. The fourth-order valence-corrected chi connectivity index (χ4v) is 2.99. The number of rotatable bonds is 9. The van der Waals surface area contributed by atoms with Crippen LogP contribution >= 0.6 is 0 Å². The Labute approximate surface area is 160 Å². The molecule has 2 aromatic carbocycles. The first-order chi connectivity index (χ1) is 12.8. The molecule has 0 aromatic heterocycles.